The van der Waals surface area contributed by atoms with Gasteiger partial charge in [-0.25, -0.2) is 4.98 Å². The van der Waals surface area contributed by atoms with E-state index in [2.05, 4.69) is 51.1 Å². The number of aromatic nitrogens is 2. The predicted molar refractivity (Wildman–Crippen MR) is 65.2 cm³/mol. The van der Waals surface area contributed by atoms with E-state index in [-0.39, 0.29) is 11.0 Å². The molecule has 0 aliphatic carbocycles. The highest BCUT2D eigenvalue weighted by Crippen LogP contribution is 2.29. The highest BCUT2D eigenvalue weighted by atomic mass is 15.1. The smallest absolute Gasteiger partial charge is 0.0953 e. The molecule has 0 saturated carbocycles. The first-order valence-electron chi connectivity index (χ1n) is 5.82. The van der Waals surface area contributed by atoms with Crippen LogP contribution in [-0.2, 0) is 11.0 Å². The van der Waals surface area contributed by atoms with E-state index in [0.717, 1.165) is 0 Å². The lowest BCUT2D eigenvalue weighted by Crippen LogP contribution is -2.31. The molecule has 0 aromatic carbocycles. The Balaban J connectivity index is 3.10. The number of hydrogen-bond donors (Lipinski definition) is 0. The minimum Gasteiger partial charge on any atom is -0.329 e. The Morgan fingerprint density at radius 3 is 2.27 bits per heavy atom. The van der Waals surface area contributed by atoms with Crippen molar-refractivity contribution in [1.29, 1.82) is 0 Å². The molecular weight excluding hydrogens is 184 g/mol. The van der Waals surface area contributed by atoms with Gasteiger partial charge in [0.25, 0.3) is 0 Å². The van der Waals surface area contributed by atoms with Gasteiger partial charge in [0, 0.05) is 22.8 Å². The summed E-state index contributed by atoms with van der Waals surface area (Å²) >= 11 is 0. The van der Waals surface area contributed by atoms with Gasteiger partial charge in [0.1, 0.15) is 0 Å². The van der Waals surface area contributed by atoms with E-state index >= 15 is 0 Å². The zero-order valence-corrected chi connectivity index (χ0v) is 11.0. The molecule has 0 aliphatic rings. The van der Waals surface area contributed by atoms with Gasteiger partial charge in [0.05, 0.1) is 6.33 Å². The van der Waals surface area contributed by atoms with Crippen LogP contribution in [0.3, 0.4) is 0 Å². The van der Waals surface area contributed by atoms with Crippen molar-refractivity contribution in [3.63, 3.8) is 0 Å². The number of imidazole rings is 1. The summed E-state index contributed by atoms with van der Waals surface area (Å²) < 4.78 is 2.33. The van der Waals surface area contributed by atoms with Gasteiger partial charge in [0.15, 0.2) is 0 Å². The molecule has 15 heavy (non-hydrogen) atoms. The fourth-order valence-electron chi connectivity index (χ4n) is 2.06. The quantitative estimate of drug-likeness (QED) is 0.740. The van der Waals surface area contributed by atoms with Crippen LogP contribution in [0, 0.1) is 0 Å². The van der Waals surface area contributed by atoms with Crippen LogP contribution < -0.4 is 0 Å². The zero-order chi connectivity index (χ0) is 11.7. The third-order valence-electron chi connectivity index (χ3n) is 2.92. The van der Waals surface area contributed by atoms with Crippen LogP contribution in [0.5, 0.6) is 0 Å². The molecule has 2 nitrogen and oxygen atoms in total. The van der Waals surface area contributed by atoms with E-state index in [0.29, 0.717) is 0 Å². The molecular formula is C13H24N2. The summed E-state index contributed by atoms with van der Waals surface area (Å²) in [6.45, 7) is 13.5. The summed E-state index contributed by atoms with van der Waals surface area (Å²) in [5.41, 5.74) is 1.66. The summed E-state index contributed by atoms with van der Waals surface area (Å²) in [5.74, 6) is 0. The van der Waals surface area contributed by atoms with Crippen LogP contribution in [0.1, 0.15) is 60.1 Å². The molecule has 1 rings (SSSR count). The molecule has 0 bridgehead atoms. The standard InChI is InChI=1S/C13H24N2/c1-7-8-13(5,6)15-10-14-9-11(15)12(2,3)4/h9-10H,7-8H2,1-6H3. The van der Waals surface area contributed by atoms with Crippen LogP contribution in [0.25, 0.3) is 0 Å². The minimum absolute atomic E-state index is 0.168. The van der Waals surface area contributed by atoms with Gasteiger partial charge in [-0.05, 0) is 20.3 Å². The van der Waals surface area contributed by atoms with Gasteiger partial charge in [0.2, 0.25) is 0 Å². The Bertz CT molecular complexity index is 316. The molecule has 86 valence electrons. The molecule has 0 unspecified atom stereocenters. The normalized spacial score (nSPS) is 13.2. The molecule has 1 aromatic heterocycles. The van der Waals surface area contributed by atoms with Crippen molar-refractivity contribution < 1.29 is 0 Å². The number of nitrogens with zero attached hydrogens (tertiary/aromatic N) is 2. The second-order valence-electron chi connectivity index (χ2n) is 5.96. The van der Waals surface area contributed by atoms with Crippen LogP contribution in [0.2, 0.25) is 0 Å². The molecule has 0 fully saturated rings. The molecule has 0 radical (unpaired) electrons. The largest absolute Gasteiger partial charge is 0.329 e. The fourth-order valence-corrected chi connectivity index (χ4v) is 2.06. The Kier molecular flexibility index (Phi) is 3.27. The number of rotatable bonds is 3. The maximum absolute atomic E-state index is 4.30. The van der Waals surface area contributed by atoms with Crippen molar-refractivity contribution in [2.45, 2.75) is 65.3 Å². The molecule has 0 N–H and O–H groups in total. The van der Waals surface area contributed by atoms with Gasteiger partial charge in [-0.2, -0.15) is 0 Å². The second-order valence-corrected chi connectivity index (χ2v) is 5.96. The Morgan fingerprint density at radius 1 is 1.20 bits per heavy atom. The molecule has 2 heteroatoms. The van der Waals surface area contributed by atoms with E-state index in [1.165, 1.54) is 18.5 Å². The van der Waals surface area contributed by atoms with Crippen molar-refractivity contribution in [3.05, 3.63) is 18.2 Å². The van der Waals surface area contributed by atoms with Crippen LogP contribution in [0.15, 0.2) is 12.5 Å². The summed E-state index contributed by atoms with van der Waals surface area (Å²) in [6, 6.07) is 0. The minimum atomic E-state index is 0.168. The fraction of sp³-hybridized carbons (Fsp3) is 0.769. The Labute approximate surface area is 93.7 Å². The predicted octanol–water partition coefficient (Wildman–Crippen LogP) is 3.72. The summed E-state index contributed by atoms with van der Waals surface area (Å²) in [7, 11) is 0. The van der Waals surface area contributed by atoms with Crippen molar-refractivity contribution >= 4 is 0 Å². The third-order valence-corrected chi connectivity index (χ3v) is 2.92. The molecule has 0 saturated heterocycles. The van der Waals surface area contributed by atoms with E-state index in [1.807, 2.05) is 12.5 Å². The van der Waals surface area contributed by atoms with Crippen LogP contribution in [-0.4, -0.2) is 9.55 Å². The van der Waals surface area contributed by atoms with Gasteiger partial charge in [-0.15, -0.1) is 0 Å². The van der Waals surface area contributed by atoms with Crippen LogP contribution in [0.4, 0.5) is 0 Å². The molecule has 0 spiro atoms. The van der Waals surface area contributed by atoms with Crippen molar-refractivity contribution in [2.75, 3.05) is 0 Å². The first-order valence-corrected chi connectivity index (χ1v) is 5.82. The molecule has 0 atom stereocenters. The Hall–Kier alpha value is -0.790. The van der Waals surface area contributed by atoms with Crippen LogP contribution >= 0.6 is 0 Å². The van der Waals surface area contributed by atoms with Crippen molar-refractivity contribution in [3.8, 4) is 0 Å². The first kappa shape index (κ1) is 12.3. The van der Waals surface area contributed by atoms with Gasteiger partial charge >= 0.3 is 0 Å². The van der Waals surface area contributed by atoms with E-state index in [4.69, 9.17) is 0 Å². The maximum Gasteiger partial charge on any atom is 0.0953 e. The molecule has 0 amide bonds. The monoisotopic (exact) mass is 208 g/mol. The first-order chi connectivity index (χ1) is 6.79. The average molecular weight is 208 g/mol. The summed E-state index contributed by atoms with van der Waals surface area (Å²) in [4.78, 5) is 4.30. The lowest BCUT2D eigenvalue weighted by Gasteiger charge is -2.32. The lowest BCUT2D eigenvalue weighted by atomic mass is 9.90. The Morgan fingerprint density at radius 2 is 1.80 bits per heavy atom. The third kappa shape index (κ3) is 2.61. The maximum atomic E-state index is 4.30. The lowest BCUT2D eigenvalue weighted by molar-refractivity contribution is 0.301. The number of hydrogen-bond acceptors (Lipinski definition) is 1. The highest BCUT2D eigenvalue weighted by molar-refractivity contribution is 5.13. The van der Waals surface area contributed by atoms with Gasteiger partial charge in [-0.3, -0.25) is 0 Å². The van der Waals surface area contributed by atoms with Crippen molar-refractivity contribution in [1.82, 2.24) is 9.55 Å². The molecule has 1 aromatic rings. The van der Waals surface area contributed by atoms with Gasteiger partial charge < -0.3 is 4.57 Å². The van der Waals surface area contributed by atoms with E-state index < -0.39 is 0 Å². The average Bonchev–Trinajstić information content (AvgIpc) is 2.49. The summed E-state index contributed by atoms with van der Waals surface area (Å²) in [5, 5.41) is 0. The zero-order valence-electron chi connectivity index (χ0n) is 11.0. The van der Waals surface area contributed by atoms with Crippen molar-refractivity contribution in [2.24, 2.45) is 0 Å². The SMILES string of the molecule is CCCC(C)(C)n1cncc1C(C)(C)C. The van der Waals surface area contributed by atoms with E-state index in [1.54, 1.807) is 0 Å². The topological polar surface area (TPSA) is 17.8 Å². The molecule has 0 aliphatic heterocycles. The van der Waals surface area contributed by atoms with Gasteiger partial charge in [-0.1, -0.05) is 34.1 Å². The van der Waals surface area contributed by atoms with E-state index in [9.17, 15) is 0 Å². The second kappa shape index (κ2) is 3.99. The highest BCUT2D eigenvalue weighted by Gasteiger charge is 2.26. The summed E-state index contributed by atoms with van der Waals surface area (Å²) in [6.07, 6.45) is 6.36. The molecule has 1 heterocycles.